The molecule has 0 unspecified atom stereocenters. The molecule has 1 amide bonds. The first kappa shape index (κ1) is 21.8. The first-order chi connectivity index (χ1) is 15.0. The van der Waals surface area contributed by atoms with Crippen molar-refractivity contribution in [3.05, 3.63) is 53.6 Å². The average molecular weight is 446 g/mol. The number of nitrogens with zero attached hydrogens (tertiary/aromatic N) is 2. The number of carbonyl (C=O) groups excluding carboxylic acids is 1. The van der Waals surface area contributed by atoms with Crippen molar-refractivity contribution < 1.29 is 22.7 Å². The number of benzene rings is 2. The number of amides is 1. The summed E-state index contributed by atoms with van der Waals surface area (Å²) in [5, 5.41) is 2.86. The molecule has 4 rings (SSSR count). The van der Waals surface area contributed by atoms with E-state index in [1.165, 1.54) is 27.6 Å². The second kappa shape index (κ2) is 9.35. The molecule has 0 aliphatic carbocycles. The number of sulfonamides is 1. The Bertz CT molecular complexity index is 1030. The lowest BCUT2D eigenvalue weighted by Crippen LogP contribution is -2.40. The lowest BCUT2D eigenvalue weighted by atomic mass is 9.99. The van der Waals surface area contributed by atoms with Gasteiger partial charge in [-0.2, -0.15) is 4.31 Å². The Morgan fingerprint density at radius 2 is 1.81 bits per heavy atom. The Labute approximate surface area is 182 Å². The van der Waals surface area contributed by atoms with E-state index in [2.05, 4.69) is 16.3 Å². The molecule has 0 aromatic heterocycles. The summed E-state index contributed by atoms with van der Waals surface area (Å²) in [5.41, 5.74) is 3.04. The van der Waals surface area contributed by atoms with Crippen LogP contribution in [0.1, 0.15) is 11.1 Å². The van der Waals surface area contributed by atoms with Crippen molar-refractivity contribution in [1.29, 1.82) is 0 Å². The highest BCUT2D eigenvalue weighted by molar-refractivity contribution is 7.89. The zero-order valence-corrected chi connectivity index (χ0v) is 18.4. The van der Waals surface area contributed by atoms with Crippen molar-refractivity contribution in [2.45, 2.75) is 17.9 Å². The Hall–Kier alpha value is -2.46. The highest BCUT2D eigenvalue weighted by Crippen LogP contribution is 2.24. The minimum Gasteiger partial charge on any atom is -0.497 e. The van der Waals surface area contributed by atoms with Crippen LogP contribution in [0, 0.1) is 0 Å². The van der Waals surface area contributed by atoms with E-state index < -0.39 is 10.0 Å². The van der Waals surface area contributed by atoms with Crippen molar-refractivity contribution in [3.8, 4) is 5.75 Å². The third-order valence-corrected chi connectivity index (χ3v) is 7.53. The number of morpholine rings is 1. The number of carbonyl (C=O) groups is 1. The topological polar surface area (TPSA) is 88.2 Å². The Balaban J connectivity index is 1.35. The SMILES string of the molecule is COc1ccc2c(c1)CN(CC(=O)Nc1ccc(S(=O)(=O)N3CCOCC3)cc1)CC2. The van der Waals surface area contributed by atoms with Crippen LogP contribution in [0.3, 0.4) is 0 Å². The van der Waals surface area contributed by atoms with E-state index >= 15 is 0 Å². The van der Waals surface area contributed by atoms with Crippen molar-refractivity contribution >= 4 is 21.6 Å². The van der Waals surface area contributed by atoms with Gasteiger partial charge in [-0.15, -0.1) is 0 Å². The smallest absolute Gasteiger partial charge is 0.243 e. The fourth-order valence-electron chi connectivity index (χ4n) is 3.90. The number of fused-ring (bicyclic) bond motifs is 1. The third kappa shape index (κ3) is 5.07. The summed E-state index contributed by atoms with van der Waals surface area (Å²) in [6, 6.07) is 12.4. The molecule has 2 aromatic rings. The van der Waals surface area contributed by atoms with E-state index in [1.54, 1.807) is 19.2 Å². The zero-order chi connectivity index (χ0) is 21.8. The molecule has 1 N–H and O–H groups in total. The zero-order valence-electron chi connectivity index (χ0n) is 17.5. The van der Waals surface area contributed by atoms with E-state index in [-0.39, 0.29) is 17.3 Å². The summed E-state index contributed by atoms with van der Waals surface area (Å²) < 4.78 is 37.3. The number of hydrogen-bond acceptors (Lipinski definition) is 6. The largest absolute Gasteiger partial charge is 0.497 e. The molecule has 1 saturated heterocycles. The predicted octanol–water partition coefficient (Wildman–Crippen LogP) is 1.71. The van der Waals surface area contributed by atoms with Gasteiger partial charge in [0.15, 0.2) is 0 Å². The Morgan fingerprint density at radius 1 is 1.06 bits per heavy atom. The summed E-state index contributed by atoms with van der Waals surface area (Å²) in [5.74, 6) is 0.687. The van der Waals surface area contributed by atoms with Crippen LogP contribution >= 0.6 is 0 Å². The fraction of sp³-hybridized carbons (Fsp3) is 0.409. The summed E-state index contributed by atoms with van der Waals surface area (Å²) in [7, 11) is -1.90. The van der Waals surface area contributed by atoms with Gasteiger partial charge >= 0.3 is 0 Å². The lowest BCUT2D eigenvalue weighted by molar-refractivity contribution is -0.117. The van der Waals surface area contributed by atoms with Gasteiger partial charge in [0.05, 0.1) is 31.8 Å². The summed E-state index contributed by atoms with van der Waals surface area (Å²) in [6.07, 6.45) is 0.890. The number of methoxy groups -OCH3 is 1. The molecule has 2 aromatic carbocycles. The van der Waals surface area contributed by atoms with Gasteiger partial charge < -0.3 is 14.8 Å². The maximum absolute atomic E-state index is 12.7. The first-order valence-corrected chi connectivity index (χ1v) is 11.8. The monoisotopic (exact) mass is 445 g/mol. The summed E-state index contributed by atoms with van der Waals surface area (Å²) >= 11 is 0. The van der Waals surface area contributed by atoms with Crippen LogP contribution in [0.5, 0.6) is 5.75 Å². The minimum atomic E-state index is -3.54. The average Bonchev–Trinajstić information content (AvgIpc) is 2.79. The summed E-state index contributed by atoms with van der Waals surface area (Å²) in [6.45, 7) is 3.28. The molecule has 8 nitrogen and oxygen atoms in total. The Morgan fingerprint density at radius 3 is 2.52 bits per heavy atom. The van der Waals surface area contributed by atoms with Crippen LogP contribution in [0.2, 0.25) is 0 Å². The van der Waals surface area contributed by atoms with Crippen LogP contribution in [-0.2, 0) is 32.5 Å². The van der Waals surface area contributed by atoms with Crippen molar-refractivity contribution in [2.75, 3.05) is 51.8 Å². The van der Waals surface area contributed by atoms with Crippen LogP contribution < -0.4 is 10.1 Å². The third-order valence-electron chi connectivity index (χ3n) is 5.62. The number of ether oxygens (including phenoxy) is 2. The number of anilines is 1. The normalized spacial score (nSPS) is 17.7. The molecule has 166 valence electrons. The molecule has 2 aliphatic heterocycles. The van der Waals surface area contributed by atoms with Crippen LogP contribution in [0.25, 0.3) is 0 Å². The van der Waals surface area contributed by atoms with Gasteiger partial charge in [0, 0.05) is 31.9 Å². The second-order valence-electron chi connectivity index (χ2n) is 7.68. The maximum Gasteiger partial charge on any atom is 0.243 e. The van der Waals surface area contributed by atoms with Gasteiger partial charge in [-0.3, -0.25) is 9.69 Å². The van der Waals surface area contributed by atoms with Gasteiger partial charge in [-0.05, 0) is 53.9 Å². The quantitative estimate of drug-likeness (QED) is 0.728. The number of nitrogens with one attached hydrogen (secondary N) is 1. The van der Waals surface area contributed by atoms with Gasteiger partial charge in [0.1, 0.15) is 5.75 Å². The van der Waals surface area contributed by atoms with Gasteiger partial charge in [-0.25, -0.2) is 8.42 Å². The second-order valence-corrected chi connectivity index (χ2v) is 9.62. The van der Waals surface area contributed by atoms with Gasteiger partial charge in [-0.1, -0.05) is 6.07 Å². The molecule has 0 bridgehead atoms. The molecule has 0 spiro atoms. The molecule has 2 heterocycles. The lowest BCUT2D eigenvalue weighted by Gasteiger charge is -2.28. The first-order valence-electron chi connectivity index (χ1n) is 10.3. The van der Waals surface area contributed by atoms with E-state index in [0.717, 1.165) is 18.7 Å². The Kier molecular flexibility index (Phi) is 6.57. The van der Waals surface area contributed by atoms with Crippen LogP contribution in [0.15, 0.2) is 47.4 Å². The van der Waals surface area contributed by atoms with E-state index in [0.29, 0.717) is 38.5 Å². The molecule has 2 aliphatic rings. The standard InChI is InChI=1S/C22H27N3O5S/c1-29-20-5-2-17-8-9-24(15-18(17)14-20)16-22(26)23-19-3-6-21(7-4-19)31(27,28)25-10-12-30-13-11-25/h2-7,14H,8-13,15-16H2,1H3,(H,23,26). The molecule has 0 atom stereocenters. The van der Waals surface area contributed by atoms with E-state index in [1.807, 2.05) is 12.1 Å². The molecule has 9 heteroatoms. The molecule has 1 fully saturated rings. The number of rotatable bonds is 6. The van der Waals surface area contributed by atoms with Crippen molar-refractivity contribution in [1.82, 2.24) is 9.21 Å². The van der Waals surface area contributed by atoms with E-state index in [4.69, 9.17) is 9.47 Å². The summed E-state index contributed by atoms with van der Waals surface area (Å²) in [4.78, 5) is 14.8. The van der Waals surface area contributed by atoms with Crippen molar-refractivity contribution in [3.63, 3.8) is 0 Å². The number of hydrogen-bond donors (Lipinski definition) is 1. The van der Waals surface area contributed by atoms with Crippen LogP contribution in [-0.4, -0.2) is 70.0 Å². The van der Waals surface area contributed by atoms with Gasteiger partial charge in [0.25, 0.3) is 0 Å². The molecule has 0 saturated carbocycles. The maximum atomic E-state index is 12.7. The predicted molar refractivity (Wildman–Crippen MR) is 117 cm³/mol. The fourth-order valence-corrected chi connectivity index (χ4v) is 5.31. The minimum absolute atomic E-state index is 0.130. The highest BCUT2D eigenvalue weighted by atomic mass is 32.2. The molecular weight excluding hydrogens is 418 g/mol. The highest BCUT2D eigenvalue weighted by Gasteiger charge is 2.26. The molecule has 31 heavy (non-hydrogen) atoms. The van der Waals surface area contributed by atoms with Crippen LogP contribution in [0.4, 0.5) is 5.69 Å². The van der Waals surface area contributed by atoms with E-state index in [9.17, 15) is 13.2 Å². The van der Waals surface area contributed by atoms with Crippen molar-refractivity contribution in [2.24, 2.45) is 0 Å². The molecule has 0 radical (unpaired) electrons. The molecular formula is C22H27N3O5S. The van der Waals surface area contributed by atoms with Gasteiger partial charge in [0.2, 0.25) is 15.9 Å².